The molecule has 2 amide bonds. The Bertz CT molecular complexity index is 1540. The van der Waals surface area contributed by atoms with Gasteiger partial charge in [-0.05, 0) is 56.3 Å². The van der Waals surface area contributed by atoms with Crippen molar-refractivity contribution >= 4 is 45.9 Å². The van der Waals surface area contributed by atoms with Crippen LogP contribution >= 0.6 is 11.6 Å². The number of anilines is 2. The van der Waals surface area contributed by atoms with E-state index in [-0.39, 0.29) is 36.7 Å². The van der Waals surface area contributed by atoms with Gasteiger partial charge in [0, 0.05) is 29.0 Å². The molecule has 10 heteroatoms. The lowest BCUT2D eigenvalue weighted by Gasteiger charge is -2.31. The molecule has 2 N–H and O–H groups in total. The standard InChI is InChI=1S/C28H27ClN4O5/c1-3-38-25(35)14-15-32-26(31-24-13-5-4-12-23(24)27(32)36)18(2)33(21-10-7-11-22(34)17-21)28(37)30-20-9-6-8-19(29)16-20/h4-13,16-18,34H,3,14-15H2,1-2H3,(H,30,37). The number of carbonyl (C=O) groups is 2. The summed E-state index contributed by atoms with van der Waals surface area (Å²) in [5.41, 5.74) is 0.952. The molecule has 0 radical (unpaired) electrons. The molecule has 3 aromatic carbocycles. The van der Waals surface area contributed by atoms with E-state index in [2.05, 4.69) is 5.32 Å². The first-order valence-corrected chi connectivity index (χ1v) is 12.5. The number of nitrogens with one attached hydrogen (secondary N) is 1. The number of carbonyl (C=O) groups excluding carboxylic acids is 2. The Morgan fingerprint density at radius 3 is 2.61 bits per heavy atom. The number of aromatic hydroxyl groups is 1. The maximum absolute atomic E-state index is 13.7. The molecule has 0 fully saturated rings. The smallest absolute Gasteiger partial charge is 0.326 e. The highest BCUT2D eigenvalue weighted by molar-refractivity contribution is 6.30. The largest absolute Gasteiger partial charge is 0.508 e. The van der Waals surface area contributed by atoms with Crippen molar-refractivity contribution in [2.75, 3.05) is 16.8 Å². The van der Waals surface area contributed by atoms with Crippen LogP contribution in [0, 0.1) is 0 Å². The van der Waals surface area contributed by atoms with Crippen molar-refractivity contribution in [1.29, 1.82) is 0 Å². The lowest BCUT2D eigenvalue weighted by molar-refractivity contribution is -0.143. The molecule has 4 aromatic rings. The normalized spacial score (nSPS) is 11.7. The van der Waals surface area contributed by atoms with E-state index in [1.54, 1.807) is 74.5 Å². The maximum Gasteiger partial charge on any atom is 0.326 e. The molecule has 0 aliphatic carbocycles. The molecule has 0 bridgehead atoms. The lowest BCUT2D eigenvalue weighted by atomic mass is 10.1. The highest BCUT2D eigenvalue weighted by Crippen LogP contribution is 2.30. The number of aromatic nitrogens is 2. The van der Waals surface area contributed by atoms with E-state index in [0.29, 0.717) is 27.3 Å². The number of benzene rings is 3. The zero-order valence-electron chi connectivity index (χ0n) is 20.9. The van der Waals surface area contributed by atoms with Gasteiger partial charge in [0.05, 0.1) is 30.0 Å². The number of nitrogens with zero attached hydrogens (tertiary/aromatic N) is 3. The fourth-order valence-electron chi connectivity index (χ4n) is 4.18. The molecule has 196 valence electrons. The average molecular weight is 535 g/mol. The summed E-state index contributed by atoms with van der Waals surface area (Å²) < 4.78 is 6.44. The topological polar surface area (TPSA) is 114 Å². The van der Waals surface area contributed by atoms with Gasteiger partial charge in [0.25, 0.3) is 5.56 Å². The molecule has 1 aromatic heterocycles. The Labute approximate surface area is 224 Å². The quantitative estimate of drug-likeness (QED) is 0.288. The van der Waals surface area contributed by atoms with Crippen LogP contribution in [0.4, 0.5) is 16.2 Å². The Morgan fingerprint density at radius 1 is 1.11 bits per heavy atom. The molecule has 0 saturated heterocycles. The van der Waals surface area contributed by atoms with Gasteiger partial charge in [0.1, 0.15) is 11.6 Å². The molecule has 1 unspecified atom stereocenters. The monoisotopic (exact) mass is 534 g/mol. The van der Waals surface area contributed by atoms with Crippen LogP contribution in [0.2, 0.25) is 5.02 Å². The van der Waals surface area contributed by atoms with Crippen LogP contribution in [0.1, 0.15) is 32.1 Å². The third-order valence-corrected chi connectivity index (χ3v) is 6.13. The van der Waals surface area contributed by atoms with Gasteiger partial charge in [0.15, 0.2) is 0 Å². The van der Waals surface area contributed by atoms with Crippen LogP contribution in [0.15, 0.2) is 77.6 Å². The average Bonchev–Trinajstić information content (AvgIpc) is 2.88. The molecule has 0 saturated carbocycles. The molecule has 0 aliphatic heterocycles. The number of hydrogen-bond acceptors (Lipinski definition) is 6. The van der Waals surface area contributed by atoms with Gasteiger partial charge < -0.3 is 15.2 Å². The number of phenols is 1. The summed E-state index contributed by atoms with van der Waals surface area (Å²) in [6.07, 6.45) is -0.0473. The van der Waals surface area contributed by atoms with Crippen molar-refractivity contribution in [1.82, 2.24) is 9.55 Å². The highest BCUT2D eigenvalue weighted by atomic mass is 35.5. The van der Waals surface area contributed by atoms with Crippen LogP contribution in [0.3, 0.4) is 0 Å². The van der Waals surface area contributed by atoms with Crippen molar-refractivity contribution in [3.63, 3.8) is 0 Å². The van der Waals surface area contributed by atoms with E-state index in [1.807, 2.05) is 0 Å². The van der Waals surface area contributed by atoms with Gasteiger partial charge in [-0.3, -0.25) is 19.1 Å². The number of halogens is 1. The zero-order chi connectivity index (χ0) is 27.2. The number of rotatable bonds is 8. The van der Waals surface area contributed by atoms with E-state index >= 15 is 0 Å². The lowest BCUT2D eigenvalue weighted by Crippen LogP contribution is -2.40. The van der Waals surface area contributed by atoms with Crippen LogP contribution in [-0.4, -0.2) is 33.3 Å². The van der Waals surface area contributed by atoms with Gasteiger partial charge in [-0.2, -0.15) is 0 Å². The second-order valence-corrected chi connectivity index (χ2v) is 8.94. The second kappa shape index (κ2) is 11.8. The molecule has 38 heavy (non-hydrogen) atoms. The number of amides is 2. The molecule has 1 heterocycles. The van der Waals surface area contributed by atoms with E-state index in [1.165, 1.54) is 21.6 Å². The summed E-state index contributed by atoms with van der Waals surface area (Å²) in [5, 5.41) is 13.8. The fraction of sp³-hybridized carbons (Fsp3) is 0.214. The number of ether oxygens (including phenoxy) is 1. The van der Waals surface area contributed by atoms with Crippen LogP contribution in [-0.2, 0) is 16.1 Å². The van der Waals surface area contributed by atoms with Gasteiger partial charge >= 0.3 is 12.0 Å². The van der Waals surface area contributed by atoms with E-state index in [9.17, 15) is 19.5 Å². The summed E-state index contributed by atoms with van der Waals surface area (Å²) in [7, 11) is 0. The Kier molecular flexibility index (Phi) is 8.28. The summed E-state index contributed by atoms with van der Waals surface area (Å²) in [4.78, 5) is 45.5. The zero-order valence-corrected chi connectivity index (χ0v) is 21.7. The maximum atomic E-state index is 13.7. The number of esters is 1. The van der Waals surface area contributed by atoms with Crippen molar-refractivity contribution in [3.05, 3.63) is 94.0 Å². The number of hydrogen-bond donors (Lipinski definition) is 2. The number of fused-ring (bicyclic) bond motifs is 1. The summed E-state index contributed by atoms with van der Waals surface area (Å²) in [5.74, 6) is -0.223. The molecule has 0 spiro atoms. The first kappa shape index (κ1) is 26.7. The number of phenolic OH excluding ortho intramolecular Hbond substituents is 1. The van der Waals surface area contributed by atoms with Gasteiger partial charge in [0.2, 0.25) is 0 Å². The van der Waals surface area contributed by atoms with Crippen LogP contribution < -0.4 is 15.8 Å². The van der Waals surface area contributed by atoms with E-state index in [0.717, 1.165) is 0 Å². The van der Waals surface area contributed by atoms with Crippen LogP contribution in [0.25, 0.3) is 10.9 Å². The van der Waals surface area contributed by atoms with Crippen molar-refractivity contribution in [2.45, 2.75) is 32.9 Å². The minimum absolute atomic E-state index is 0.0129. The first-order valence-electron chi connectivity index (χ1n) is 12.1. The third kappa shape index (κ3) is 5.95. The molecule has 1 atom stereocenters. The molecule has 0 aliphatic rings. The predicted octanol–water partition coefficient (Wildman–Crippen LogP) is 5.51. The van der Waals surface area contributed by atoms with Crippen LogP contribution in [0.5, 0.6) is 5.75 Å². The summed E-state index contributed by atoms with van der Waals surface area (Å²) in [6, 6.07) is 18.5. The summed E-state index contributed by atoms with van der Waals surface area (Å²) in [6.45, 7) is 3.67. The highest BCUT2D eigenvalue weighted by Gasteiger charge is 2.28. The second-order valence-electron chi connectivity index (χ2n) is 8.51. The Hall–Kier alpha value is -4.37. The number of urea groups is 1. The minimum atomic E-state index is -0.796. The third-order valence-electron chi connectivity index (χ3n) is 5.90. The van der Waals surface area contributed by atoms with Gasteiger partial charge in [-0.25, -0.2) is 9.78 Å². The van der Waals surface area contributed by atoms with Crippen molar-refractivity contribution < 1.29 is 19.4 Å². The number of para-hydroxylation sites is 1. The van der Waals surface area contributed by atoms with Crippen molar-refractivity contribution in [3.8, 4) is 5.75 Å². The summed E-state index contributed by atoms with van der Waals surface area (Å²) >= 11 is 6.10. The predicted molar refractivity (Wildman–Crippen MR) is 147 cm³/mol. The van der Waals surface area contributed by atoms with E-state index in [4.69, 9.17) is 21.3 Å². The Morgan fingerprint density at radius 2 is 1.87 bits per heavy atom. The Balaban J connectivity index is 1.82. The first-order chi connectivity index (χ1) is 18.3. The molecular weight excluding hydrogens is 508 g/mol. The van der Waals surface area contributed by atoms with E-state index < -0.39 is 18.0 Å². The molecule has 9 nitrogen and oxygen atoms in total. The fourth-order valence-corrected chi connectivity index (χ4v) is 4.37. The van der Waals surface area contributed by atoms with Gasteiger partial charge in [-0.15, -0.1) is 0 Å². The SMILES string of the molecule is CCOC(=O)CCn1c(C(C)N(C(=O)Nc2cccc(Cl)c2)c2cccc(O)c2)nc2ccccc2c1=O. The molecule has 4 rings (SSSR count). The van der Waals surface area contributed by atoms with Crippen molar-refractivity contribution in [2.24, 2.45) is 0 Å². The van der Waals surface area contributed by atoms with Gasteiger partial charge in [-0.1, -0.05) is 35.9 Å². The minimum Gasteiger partial charge on any atom is -0.508 e. The molecular formula is C28H27ClN4O5.